The number of nitrogens with zero attached hydrogens (tertiary/aromatic N) is 1. The summed E-state index contributed by atoms with van der Waals surface area (Å²) in [6, 6.07) is 0. The van der Waals surface area contributed by atoms with Crippen molar-refractivity contribution >= 4 is 5.97 Å². The van der Waals surface area contributed by atoms with Gasteiger partial charge >= 0.3 is 24.2 Å². The molecule has 0 fully saturated rings. The van der Waals surface area contributed by atoms with Crippen LogP contribution in [0, 0.1) is 0 Å². The van der Waals surface area contributed by atoms with Crippen molar-refractivity contribution in [3.63, 3.8) is 0 Å². The van der Waals surface area contributed by atoms with Gasteiger partial charge in [-0.25, -0.2) is 9.18 Å². The van der Waals surface area contributed by atoms with E-state index in [0.717, 1.165) is 5.10 Å². The normalized spacial score (nSPS) is 15.1. The van der Waals surface area contributed by atoms with Crippen molar-refractivity contribution in [2.24, 2.45) is 0 Å². The van der Waals surface area contributed by atoms with Gasteiger partial charge in [-0.05, 0) is 0 Å². The minimum absolute atomic E-state index is 1.01. The van der Waals surface area contributed by atoms with Crippen molar-refractivity contribution in [1.29, 1.82) is 0 Å². The molecule has 1 aromatic rings. The minimum atomic E-state index is -6.17. The molecule has 1 heterocycles. The fourth-order valence-electron chi connectivity index (χ4n) is 1.34. The van der Waals surface area contributed by atoms with Crippen LogP contribution < -0.4 is 0 Å². The first-order valence-corrected chi connectivity index (χ1v) is 4.68. The largest absolute Gasteiger partial charge is 0.477 e. The average Bonchev–Trinajstić information content (AvgIpc) is 2.71. The molecule has 0 aliphatic carbocycles. The molecule has 2 N–H and O–H groups in total. The van der Waals surface area contributed by atoms with E-state index in [1.54, 1.807) is 0 Å². The first-order chi connectivity index (χ1) is 9.20. The number of aromatic amines is 1. The number of carboxylic acids is 1. The van der Waals surface area contributed by atoms with Gasteiger partial charge in [0.2, 0.25) is 0 Å². The summed E-state index contributed by atoms with van der Waals surface area (Å²) in [6.07, 6.45) is -16.9. The zero-order valence-electron chi connectivity index (χ0n) is 9.28. The van der Waals surface area contributed by atoms with Crippen LogP contribution in [0.2, 0.25) is 0 Å². The van der Waals surface area contributed by atoms with Crippen molar-refractivity contribution in [2.45, 2.75) is 24.4 Å². The summed E-state index contributed by atoms with van der Waals surface area (Å²) in [5, 5.41) is 11.6. The molecule has 0 aromatic carbocycles. The molecule has 4 nitrogen and oxygen atoms in total. The Kier molecular flexibility index (Phi) is 3.91. The first kappa shape index (κ1) is 17.1. The van der Waals surface area contributed by atoms with Crippen LogP contribution in [-0.4, -0.2) is 33.6 Å². The number of nitrogens with one attached hydrogen (secondary N) is 1. The van der Waals surface area contributed by atoms with E-state index >= 15 is 0 Å². The van der Waals surface area contributed by atoms with Gasteiger partial charge in [0.15, 0.2) is 5.69 Å². The van der Waals surface area contributed by atoms with E-state index < -0.39 is 47.4 Å². The van der Waals surface area contributed by atoms with Gasteiger partial charge in [0.1, 0.15) is 11.3 Å². The van der Waals surface area contributed by atoms with E-state index in [1.807, 2.05) is 0 Å². The monoisotopic (exact) mass is 330 g/mol. The maximum absolute atomic E-state index is 13.2. The van der Waals surface area contributed by atoms with Gasteiger partial charge in [0, 0.05) is 0 Å². The van der Waals surface area contributed by atoms with Crippen molar-refractivity contribution in [1.82, 2.24) is 10.2 Å². The highest BCUT2D eigenvalue weighted by atomic mass is 19.4. The number of alkyl halides is 9. The summed E-state index contributed by atoms with van der Waals surface area (Å²) in [6.45, 7) is 0. The highest BCUT2D eigenvalue weighted by molar-refractivity contribution is 5.87. The molecular weight excluding hydrogens is 327 g/mol. The van der Waals surface area contributed by atoms with E-state index in [1.165, 1.54) is 0 Å². The highest BCUT2D eigenvalue weighted by Crippen LogP contribution is 2.46. The van der Waals surface area contributed by atoms with Gasteiger partial charge in [-0.15, -0.1) is 0 Å². The molecule has 13 heteroatoms. The topological polar surface area (TPSA) is 66.0 Å². The van der Waals surface area contributed by atoms with Crippen LogP contribution in [0.5, 0.6) is 0 Å². The van der Waals surface area contributed by atoms with E-state index in [9.17, 15) is 44.3 Å². The SMILES string of the molecule is O=C(O)c1[nH]nc(C(F)(F)C(F)C(F)(F)F)c1C(F)(F)F. The number of rotatable bonds is 3. The first-order valence-electron chi connectivity index (χ1n) is 4.68. The van der Waals surface area contributed by atoms with E-state index in [0.29, 0.717) is 0 Å². The van der Waals surface area contributed by atoms with Crippen LogP contribution in [0.1, 0.15) is 21.7 Å². The van der Waals surface area contributed by atoms with E-state index in [4.69, 9.17) is 5.11 Å². The van der Waals surface area contributed by atoms with Crippen LogP contribution in [0.15, 0.2) is 0 Å². The number of aromatic nitrogens is 2. The van der Waals surface area contributed by atoms with Gasteiger partial charge in [0.25, 0.3) is 6.17 Å². The summed E-state index contributed by atoms with van der Waals surface area (Å²) in [7, 11) is 0. The quantitative estimate of drug-likeness (QED) is 0.837. The Balaban J connectivity index is 3.54. The van der Waals surface area contributed by atoms with Crippen molar-refractivity contribution in [2.75, 3.05) is 0 Å². The Hall–Kier alpha value is -1.95. The van der Waals surface area contributed by atoms with Gasteiger partial charge in [-0.1, -0.05) is 0 Å². The van der Waals surface area contributed by atoms with E-state index in [-0.39, 0.29) is 0 Å². The predicted octanol–water partition coefficient (Wildman–Crippen LogP) is 3.12. The third-order valence-corrected chi connectivity index (χ3v) is 2.19. The Labute approximate surface area is 108 Å². The number of carboxylic acid groups (broad SMARTS) is 1. The van der Waals surface area contributed by atoms with Crippen molar-refractivity contribution in [3.05, 3.63) is 17.0 Å². The van der Waals surface area contributed by atoms with Gasteiger partial charge in [0.05, 0.1) is 0 Å². The molecule has 0 amide bonds. The number of hydrogen-bond acceptors (Lipinski definition) is 2. The third kappa shape index (κ3) is 3.05. The summed E-state index contributed by atoms with van der Waals surface area (Å²) in [5.74, 6) is -8.13. The molecule has 21 heavy (non-hydrogen) atoms. The molecular formula is C8H3F9N2O2. The number of H-pyrrole nitrogens is 1. The second-order valence-corrected chi connectivity index (χ2v) is 3.65. The zero-order chi connectivity index (χ0) is 16.8. The lowest BCUT2D eigenvalue weighted by atomic mass is 10.0. The van der Waals surface area contributed by atoms with Crippen LogP contribution >= 0.6 is 0 Å². The highest BCUT2D eigenvalue weighted by Gasteiger charge is 2.62. The predicted molar refractivity (Wildman–Crippen MR) is 45.4 cm³/mol. The van der Waals surface area contributed by atoms with Crippen molar-refractivity contribution in [3.8, 4) is 0 Å². The molecule has 1 unspecified atom stereocenters. The fourth-order valence-corrected chi connectivity index (χ4v) is 1.34. The smallest absolute Gasteiger partial charge is 0.426 e. The number of carbonyl (C=O) groups is 1. The van der Waals surface area contributed by atoms with Gasteiger partial charge in [-0.2, -0.15) is 40.2 Å². The van der Waals surface area contributed by atoms with Crippen LogP contribution in [0.25, 0.3) is 0 Å². The molecule has 0 saturated carbocycles. The summed E-state index contributed by atoms with van der Waals surface area (Å²) in [4.78, 5) is 10.4. The number of aromatic carboxylic acids is 1. The lowest BCUT2D eigenvalue weighted by Gasteiger charge is -2.22. The molecule has 0 aliphatic heterocycles. The van der Waals surface area contributed by atoms with Gasteiger partial charge in [-0.3, -0.25) is 5.10 Å². The van der Waals surface area contributed by atoms with Crippen molar-refractivity contribution < 1.29 is 49.4 Å². The zero-order valence-corrected chi connectivity index (χ0v) is 9.28. The van der Waals surface area contributed by atoms with Crippen LogP contribution in [0.3, 0.4) is 0 Å². The second-order valence-electron chi connectivity index (χ2n) is 3.65. The Morgan fingerprint density at radius 3 is 1.90 bits per heavy atom. The molecule has 0 bridgehead atoms. The Bertz CT molecular complexity index is 545. The molecule has 1 aromatic heterocycles. The maximum atomic E-state index is 13.2. The van der Waals surface area contributed by atoms with Crippen LogP contribution in [-0.2, 0) is 12.1 Å². The second kappa shape index (κ2) is 4.80. The standard InChI is InChI=1S/C8H3F9N2O2/c9-5(8(15,16)17)6(10,11)3-1(7(12,13)14)2(4(20)21)18-19-3/h5H,(H,18,19)(H,20,21). The Morgan fingerprint density at radius 2 is 1.57 bits per heavy atom. The summed E-state index contributed by atoms with van der Waals surface area (Å²) < 4.78 is 113. The molecule has 0 radical (unpaired) electrons. The lowest BCUT2D eigenvalue weighted by molar-refractivity contribution is -0.251. The Morgan fingerprint density at radius 1 is 1.10 bits per heavy atom. The molecule has 0 spiro atoms. The van der Waals surface area contributed by atoms with Crippen LogP contribution in [0.4, 0.5) is 39.5 Å². The molecule has 1 atom stereocenters. The summed E-state index contributed by atoms with van der Waals surface area (Å²) >= 11 is 0. The number of halogens is 9. The average molecular weight is 330 g/mol. The fraction of sp³-hybridized carbons (Fsp3) is 0.500. The molecule has 0 aliphatic rings. The summed E-state index contributed by atoms with van der Waals surface area (Å²) in [5.41, 5.74) is -7.28. The third-order valence-electron chi connectivity index (χ3n) is 2.19. The van der Waals surface area contributed by atoms with E-state index in [2.05, 4.69) is 5.10 Å². The molecule has 120 valence electrons. The van der Waals surface area contributed by atoms with Gasteiger partial charge < -0.3 is 5.11 Å². The molecule has 1 rings (SSSR count). The molecule has 0 saturated heterocycles. The number of hydrogen-bond donors (Lipinski definition) is 2. The minimum Gasteiger partial charge on any atom is -0.477 e. The maximum Gasteiger partial charge on any atom is 0.426 e. The lowest BCUT2D eigenvalue weighted by Crippen LogP contribution is -2.41.